The first-order chi connectivity index (χ1) is 7.82. The molecule has 94 valence electrons. The zero-order valence-electron chi connectivity index (χ0n) is 8.37. The maximum absolute atomic E-state index is 12.4. The lowest BCUT2D eigenvalue weighted by molar-refractivity contribution is -0.448. The lowest BCUT2D eigenvalue weighted by Crippen LogP contribution is -2.44. The quantitative estimate of drug-likeness (QED) is 0.796. The third-order valence-electron chi connectivity index (χ3n) is 2.45. The largest absolute Gasteiger partial charge is 0.446 e. The van der Waals surface area contributed by atoms with Crippen molar-refractivity contribution in [3.05, 3.63) is 34.9 Å². The summed E-state index contributed by atoms with van der Waals surface area (Å²) in [6.45, 7) is 0. The van der Waals surface area contributed by atoms with Crippen LogP contribution in [0.1, 0.15) is 18.1 Å². The maximum Gasteiger partial charge on any atom is 0.446 e. The molecule has 0 bridgehead atoms. The first-order valence-corrected chi connectivity index (χ1v) is 5.09. The van der Waals surface area contributed by atoms with Gasteiger partial charge in [-0.2, -0.15) is 18.1 Å². The molecular formula is C10H8ClF3O3. The lowest BCUT2D eigenvalue weighted by atomic mass is 10.0. The summed E-state index contributed by atoms with van der Waals surface area (Å²) in [4.78, 5) is 8.51. The maximum atomic E-state index is 12.4. The van der Waals surface area contributed by atoms with Crippen LogP contribution in [-0.2, 0) is 9.78 Å². The average Bonchev–Trinajstić information content (AvgIpc) is 2.63. The molecule has 0 radical (unpaired) electrons. The van der Waals surface area contributed by atoms with Gasteiger partial charge in [-0.1, -0.05) is 23.7 Å². The van der Waals surface area contributed by atoms with E-state index in [1.807, 2.05) is 0 Å². The predicted molar refractivity (Wildman–Crippen MR) is 52.0 cm³/mol. The fourth-order valence-electron chi connectivity index (χ4n) is 1.47. The minimum absolute atomic E-state index is 0.453. The number of benzene rings is 1. The Hall–Kier alpha value is -0.820. The summed E-state index contributed by atoms with van der Waals surface area (Å²) in [7, 11) is 0. The van der Waals surface area contributed by atoms with E-state index in [0.29, 0.717) is 10.6 Å². The van der Waals surface area contributed by atoms with Crippen LogP contribution in [0.4, 0.5) is 13.2 Å². The summed E-state index contributed by atoms with van der Waals surface area (Å²) in [5.74, 6) is -3.25. The second-order valence-corrected chi connectivity index (χ2v) is 4.14. The SMILES string of the molecule is OC1(C(F)(F)F)C[C@@H](c2ccc(Cl)cc2)OO1. The Kier molecular flexibility index (Phi) is 3.07. The smallest absolute Gasteiger partial charge is 0.356 e. The molecule has 7 heteroatoms. The van der Waals surface area contributed by atoms with Gasteiger partial charge in [-0.15, -0.1) is 0 Å². The van der Waals surface area contributed by atoms with Crippen LogP contribution in [-0.4, -0.2) is 17.1 Å². The van der Waals surface area contributed by atoms with Gasteiger partial charge in [-0.3, -0.25) is 0 Å². The number of halogens is 4. The van der Waals surface area contributed by atoms with Crippen LogP contribution < -0.4 is 0 Å². The molecule has 1 saturated heterocycles. The van der Waals surface area contributed by atoms with Crippen molar-refractivity contribution in [1.29, 1.82) is 0 Å². The van der Waals surface area contributed by atoms with Gasteiger partial charge in [0.25, 0.3) is 5.79 Å². The van der Waals surface area contributed by atoms with E-state index in [9.17, 15) is 18.3 Å². The topological polar surface area (TPSA) is 38.7 Å². The lowest BCUT2D eigenvalue weighted by Gasteiger charge is -2.21. The molecule has 1 aliphatic rings. The molecule has 1 N–H and O–H groups in total. The Balaban J connectivity index is 2.15. The third-order valence-corrected chi connectivity index (χ3v) is 2.70. The van der Waals surface area contributed by atoms with Crippen molar-refractivity contribution >= 4 is 11.6 Å². The predicted octanol–water partition coefficient (Wildman–Crippen LogP) is 2.98. The fourth-order valence-corrected chi connectivity index (χ4v) is 1.60. The standard InChI is InChI=1S/C10H8ClF3O3/c11-7-3-1-6(2-4-7)8-5-9(15,17-16-8)10(12,13)14/h1-4,8,15H,5H2/t8-,9?/m0/s1. The molecule has 17 heavy (non-hydrogen) atoms. The highest BCUT2D eigenvalue weighted by Gasteiger charge is 2.61. The highest BCUT2D eigenvalue weighted by Crippen LogP contribution is 2.45. The van der Waals surface area contributed by atoms with Crippen molar-refractivity contribution in [2.45, 2.75) is 24.5 Å². The number of alkyl halides is 3. The number of hydrogen-bond acceptors (Lipinski definition) is 3. The molecule has 0 aliphatic carbocycles. The van der Waals surface area contributed by atoms with Gasteiger partial charge in [-0.05, 0) is 17.7 Å². The van der Waals surface area contributed by atoms with E-state index in [-0.39, 0.29) is 0 Å². The zero-order valence-corrected chi connectivity index (χ0v) is 9.13. The normalized spacial score (nSPS) is 29.6. The van der Waals surface area contributed by atoms with E-state index in [1.165, 1.54) is 24.3 Å². The molecule has 2 rings (SSSR count). The van der Waals surface area contributed by atoms with Crippen molar-refractivity contribution in [2.24, 2.45) is 0 Å². The van der Waals surface area contributed by atoms with Crippen LogP contribution in [0.3, 0.4) is 0 Å². The summed E-state index contributed by atoms with van der Waals surface area (Å²) < 4.78 is 37.3. The first kappa shape index (κ1) is 12.6. The van der Waals surface area contributed by atoms with Gasteiger partial charge in [0.2, 0.25) is 0 Å². The Morgan fingerprint density at radius 2 is 1.88 bits per heavy atom. The van der Waals surface area contributed by atoms with Gasteiger partial charge in [0.1, 0.15) is 6.10 Å². The fraction of sp³-hybridized carbons (Fsp3) is 0.400. The van der Waals surface area contributed by atoms with Crippen LogP contribution >= 0.6 is 11.6 Å². The summed E-state index contributed by atoms with van der Waals surface area (Å²) in [6.07, 6.45) is -6.58. The minimum Gasteiger partial charge on any atom is -0.356 e. The molecule has 0 spiro atoms. The molecule has 1 unspecified atom stereocenters. The molecule has 0 saturated carbocycles. The Morgan fingerprint density at radius 3 is 2.35 bits per heavy atom. The van der Waals surface area contributed by atoms with Gasteiger partial charge in [0.05, 0.1) is 0 Å². The summed E-state index contributed by atoms with van der Waals surface area (Å²) in [5.41, 5.74) is 0.453. The average molecular weight is 269 g/mol. The molecule has 0 amide bonds. The molecular weight excluding hydrogens is 261 g/mol. The van der Waals surface area contributed by atoms with Gasteiger partial charge in [0, 0.05) is 11.4 Å². The van der Waals surface area contributed by atoms with Crippen LogP contribution in [0.25, 0.3) is 0 Å². The van der Waals surface area contributed by atoms with Crippen molar-refractivity contribution in [1.82, 2.24) is 0 Å². The second-order valence-electron chi connectivity index (χ2n) is 3.71. The Bertz CT molecular complexity index is 406. The molecule has 2 atom stereocenters. The van der Waals surface area contributed by atoms with Crippen LogP contribution in [0.5, 0.6) is 0 Å². The van der Waals surface area contributed by atoms with Crippen LogP contribution in [0, 0.1) is 0 Å². The minimum atomic E-state index is -4.89. The van der Waals surface area contributed by atoms with E-state index in [1.54, 1.807) is 0 Å². The highest BCUT2D eigenvalue weighted by molar-refractivity contribution is 6.30. The Morgan fingerprint density at radius 1 is 1.29 bits per heavy atom. The second kappa shape index (κ2) is 4.13. The molecule has 1 aliphatic heterocycles. The summed E-state index contributed by atoms with van der Waals surface area (Å²) >= 11 is 5.65. The van der Waals surface area contributed by atoms with Crippen molar-refractivity contribution in [3.63, 3.8) is 0 Å². The molecule has 1 aromatic rings. The third kappa shape index (κ3) is 2.40. The van der Waals surface area contributed by atoms with E-state index < -0.39 is 24.5 Å². The Labute approximate surface area is 99.6 Å². The monoisotopic (exact) mass is 268 g/mol. The summed E-state index contributed by atoms with van der Waals surface area (Å²) in [6, 6.07) is 6.06. The van der Waals surface area contributed by atoms with Gasteiger partial charge in [-0.25, -0.2) is 4.89 Å². The van der Waals surface area contributed by atoms with Crippen molar-refractivity contribution < 1.29 is 28.1 Å². The van der Waals surface area contributed by atoms with Crippen LogP contribution in [0.2, 0.25) is 5.02 Å². The van der Waals surface area contributed by atoms with Crippen LogP contribution in [0.15, 0.2) is 24.3 Å². The first-order valence-electron chi connectivity index (χ1n) is 4.71. The molecule has 0 aromatic heterocycles. The van der Waals surface area contributed by atoms with Gasteiger partial charge in [0.15, 0.2) is 0 Å². The zero-order chi connectivity index (χ0) is 12.7. The van der Waals surface area contributed by atoms with Crippen molar-refractivity contribution in [2.75, 3.05) is 0 Å². The number of aliphatic hydroxyl groups is 1. The molecule has 1 aromatic carbocycles. The van der Waals surface area contributed by atoms with Gasteiger partial charge < -0.3 is 5.11 Å². The molecule has 1 fully saturated rings. The van der Waals surface area contributed by atoms with E-state index in [4.69, 9.17) is 11.6 Å². The van der Waals surface area contributed by atoms with E-state index in [0.717, 1.165) is 0 Å². The number of rotatable bonds is 1. The highest BCUT2D eigenvalue weighted by atomic mass is 35.5. The van der Waals surface area contributed by atoms with E-state index in [2.05, 4.69) is 9.78 Å². The molecule has 3 nitrogen and oxygen atoms in total. The van der Waals surface area contributed by atoms with E-state index >= 15 is 0 Å². The number of hydrogen-bond donors (Lipinski definition) is 1. The van der Waals surface area contributed by atoms with Gasteiger partial charge >= 0.3 is 6.18 Å². The molecule has 1 heterocycles. The van der Waals surface area contributed by atoms with Crippen molar-refractivity contribution in [3.8, 4) is 0 Å². The summed E-state index contributed by atoms with van der Waals surface area (Å²) in [5, 5.41) is 9.67.